The number of rotatable bonds is 26. The van der Waals surface area contributed by atoms with Crippen LogP contribution in [0.25, 0.3) is 0 Å². The van der Waals surface area contributed by atoms with Gasteiger partial charge in [0, 0.05) is 12.8 Å². The zero-order chi connectivity index (χ0) is 29.0. The summed E-state index contributed by atoms with van der Waals surface area (Å²) >= 11 is 0. The minimum absolute atomic E-state index is 0.0894. The van der Waals surface area contributed by atoms with Crippen molar-refractivity contribution in [3.8, 4) is 0 Å². The Balaban J connectivity index is 3.72. The third-order valence-corrected chi connectivity index (χ3v) is 6.46. The van der Waals surface area contributed by atoms with Gasteiger partial charge in [-0.05, 0) is 44.4 Å². The molecular formula is C33H58O6. The van der Waals surface area contributed by atoms with Crippen LogP contribution in [0.15, 0.2) is 36.5 Å². The van der Waals surface area contributed by atoms with Crippen LogP contribution in [0.1, 0.15) is 130 Å². The molecule has 0 saturated carbocycles. The van der Waals surface area contributed by atoms with Gasteiger partial charge in [0.2, 0.25) is 0 Å². The minimum atomic E-state index is -0.794. The molecule has 2 atom stereocenters. The normalized spacial score (nSPS) is 13.6. The van der Waals surface area contributed by atoms with Crippen molar-refractivity contribution in [2.75, 3.05) is 13.2 Å². The summed E-state index contributed by atoms with van der Waals surface area (Å²) in [5.41, 5.74) is 0. The van der Waals surface area contributed by atoms with Crippen LogP contribution in [-0.2, 0) is 19.1 Å². The number of carbonyl (C=O) groups is 2. The van der Waals surface area contributed by atoms with Gasteiger partial charge in [0.05, 0.1) is 12.7 Å². The summed E-state index contributed by atoms with van der Waals surface area (Å²) in [6, 6.07) is 0. The monoisotopic (exact) mass is 550 g/mol. The van der Waals surface area contributed by atoms with Gasteiger partial charge >= 0.3 is 11.9 Å². The molecule has 39 heavy (non-hydrogen) atoms. The number of carbonyl (C=O) groups excluding carboxylic acids is 2. The van der Waals surface area contributed by atoms with Crippen LogP contribution in [0, 0.1) is 5.92 Å². The molecular weight excluding hydrogens is 492 g/mol. The minimum Gasteiger partial charge on any atom is -0.462 e. The van der Waals surface area contributed by atoms with E-state index in [1.165, 1.54) is 25.7 Å². The molecule has 0 radical (unpaired) electrons. The Morgan fingerprint density at radius 3 is 2.03 bits per heavy atom. The van der Waals surface area contributed by atoms with Crippen molar-refractivity contribution in [2.24, 2.45) is 5.92 Å². The summed E-state index contributed by atoms with van der Waals surface area (Å²) < 4.78 is 10.5. The molecule has 226 valence electrons. The maximum Gasteiger partial charge on any atom is 0.306 e. The number of aliphatic hydroxyl groups is 2. The van der Waals surface area contributed by atoms with E-state index in [1.54, 1.807) is 6.08 Å². The van der Waals surface area contributed by atoms with Crippen LogP contribution in [0.2, 0.25) is 0 Å². The van der Waals surface area contributed by atoms with Gasteiger partial charge in [-0.25, -0.2) is 0 Å². The van der Waals surface area contributed by atoms with Gasteiger partial charge < -0.3 is 19.7 Å². The van der Waals surface area contributed by atoms with Gasteiger partial charge in [-0.3, -0.25) is 9.59 Å². The van der Waals surface area contributed by atoms with Crippen LogP contribution in [0.4, 0.5) is 0 Å². The van der Waals surface area contributed by atoms with Crippen molar-refractivity contribution in [1.82, 2.24) is 0 Å². The third kappa shape index (κ3) is 27.4. The first-order valence-electron chi connectivity index (χ1n) is 15.5. The Labute approximate surface area is 238 Å². The van der Waals surface area contributed by atoms with Crippen molar-refractivity contribution in [2.45, 2.75) is 142 Å². The fourth-order valence-electron chi connectivity index (χ4n) is 4.07. The molecule has 0 heterocycles. The fraction of sp³-hybridized carbons (Fsp3) is 0.758. The molecule has 0 aromatic rings. The van der Waals surface area contributed by atoms with E-state index in [4.69, 9.17) is 9.47 Å². The Morgan fingerprint density at radius 2 is 1.38 bits per heavy atom. The van der Waals surface area contributed by atoms with Gasteiger partial charge in [0.25, 0.3) is 0 Å². The van der Waals surface area contributed by atoms with Gasteiger partial charge in [-0.2, -0.15) is 0 Å². The topological polar surface area (TPSA) is 93.1 Å². The molecule has 0 fully saturated rings. The number of ether oxygens (including phenoxy) is 2. The molecule has 0 aromatic carbocycles. The highest BCUT2D eigenvalue weighted by Gasteiger charge is 2.16. The standard InChI is InChI=1S/C33H58O6/c1-4-5-17-23-30(35)24-19-14-9-7-6-8-10-16-21-26-33(37)39-31(27-34)28-38-32(36)25-20-15-12-11-13-18-22-29(2)3/h5,9,14,17,19,24,29-31,34-35H,4,6-8,10-13,15-16,18,20-23,25-28H2,1-3H3/b14-9+,17-5+,24-19+/t30?,31-/m0/s1. The second-order valence-electron chi connectivity index (χ2n) is 10.8. The zero-order valence-corrected chi connectivity index (χ0v) is 25.2. The maximum absolute atomic E-state index is 12.1. The average Bonchev–Trinajstić information content (AvgIpc) is 2.91. The summed E-state index contributed by atoms with van der Waals surface area (Å²) in [5, 5.41) is 19.2. The van der Waals surface area contributed by atoms with Crippen LogP contribution in [-0.4, -0.2) is 47.6 Å². The summed E-state index contributed by atoms with van der Waals surface area (Å²) in [6.07, 6.45) is 26.9. The van der Waals surface area contributed by atoms with Gasteiger partial charge in [-0.15, -0.1) is 0 Å². The second-order valence-corrected chi connectivity index (χ2v) is 10.8. The molecule has 0 rings (SSSR count). The first-order valence-corrected chi connectivity index (χ1v) is 15.5. The Morgan fingerprint density at radius 1 is 0.769 bits per heavy atom. The molecule has 0 aliphatic carbocycles. The third-order valence-electron chi connectivity index (χ3n) is 6.46. The van der Waals surface area contributed by atoms with Crippen molar-refractivity contribution in [3.63, 3.8) is 0 Å². The smallest absolute Gasteiger partial charge is 0.306 e. The highest BCUT2D eigenvalue weighted by molar-refractivity contribution is 5.70. The first kappa shape index (κ1) is 37.1. The number of aliphatic hydroxyl groups excluding tert-OH is 2. The lowest BCUT2D eigenvalue weighted by Crippen LogP contribution is -2.28. The van der Waals surface area contributed by atoms with E-state index in [9.17, 15) is 19.8 Å². The second kappa shape index (κ2) is 27.6. The van der Waals surface area contributed by atoms with Crippen molar-refractivity contribution in [3.05, 3.63) is 36.5 Å². The highest BCUT2D eigenvalue weighted by atomic mass is 16.6. The zero-order valence-electron chi connectivity index (χ0n) is 25.2. The molecule has 0 saturated heterocycles. The molecule has 2 N–H and O–H groups in total. The molecule has 6 heteroatoms. The molecule has 0 amide bonds. The summed E-state index contributed by atoms with van der Waals surface area (Å²) in [4.78, 5) is 24.0. The van der Waals surface area contributed by atoms with E-state index in [-0.39, 0.29) is 25.2 Å². The lowest BCUT2D eigenvalue weighted by Gasteiger charge is -2.15. The molecule has 6 nitrogen and oxygen atoms in total. The summed E-state index contributed by atoms with van der Waals surface area (Å²) in [5.74, 6) is 0.113. The van der Waals surface area contributed by atoms with Gasteiger partial charge in [0.15, 0.2) is 6.10 Å². The SMILES string of the molecule is CC/C=C/CC(O)/C=C/C=C/CCCCCCCC(=O)O[C@@H](CO)COC(=O)CCCCCCCCC(C)C. The van der Waals surface area contributed by atoms with E-state index >= 15 is 0 Å². The van der Waals surface area contributed by atoms with Crippen molar-refractivity contribution < 1.29 is 29.3 Å². The first-order chi connectivity index (χ1) is 18.9. The number of esters is 2. The van der Waals surface area contributed by atoms with E-state index < -0.39 is 12.2 Å². The average molecular weight is 551 g/mol. The Kier molecular flexibility index (Phi) is 26.3. The molecule has 1 unspecified atom stereocenters. The quantitative estimate of drug-likeness (QED) is 0.0494. The van der Waals surface area contributed by atoms with E-state index in [0.29, 0.717) is 19.3 Å². The molecule has 0 aromatic heterocycles. The van der Waals surface area contributed by atoms with Gasteiger partial charge in [0.1, 0.15) is 6.61 Å². The predicted octanol–water partition coefficient (Wildman–Crippen LogP) is 7.77. The van der Waals surface area contributed by atoms with Crippen LogP contribution in [0.5, 0.6) is 0 Å². The maximum atomic E-state index is 12.1. The largest absolute Gasteiger partial charge is 0.462 e. The summed E-state index contributed by atoms with van der Waals surface area (Å²) in [6.45, 7) is 6.13. The Hall–Kier alpha value is -1.92. The highest BCUT2D eigenvalue weighted by Crippen LogP contribution is 2.13. The number of unbranched alkanes of at least 4 members (excludes halogenated alkanes) is 10. The molecule has 0 aliphatic rings. The van der Waals surface area contributed by atoms with Gasteiger partial charge in [-0.1, -0.05) is 115 Å². The molecule has 0 spiro atoms. The van der Waals surface area contributed by atoms with E-state index in [1.807, 2.05) is 18.2 Å². The van der Waals surface area contributed by atoms with Crippen LogP contribution in [0.3, 0.4) is 0 Å². The number of allylic oxidation sites excluding steroid dienone is 4. The van der Waals surface area contributed by atoms with Crippen LogP contribution < -0.4 is 0 Å². The Bertz CT molecular complexity index is 667. The van der Waals surface area contributed by atoms with E-state index in [0.717, 1.165) is 70.1 Å². The van der Waals surface area contributed by atoms with E-state index in [2.05, 4.69) is 32.9 Å². The number of hydrogen-bond acceptors (Lipinski definition) is 6. The summed E-state index contributed by atoms with van der Waals surface area (Å²) in [7, 11) is 0. The molecule has 0 aliphatic heterocycles. The lowest BCUT2D eigenvalue weighted by molar-refractivity contribution is -0.161. The number of hydrogen-bond donors (Lipinski definition) is 2. The van der Waals surface area contributed by atoms with Crippen molar-refractivity contribution in [1.29, 1.82) is 0 Å². The fourth-order valence-corrected chi connectivity index (χ4v) is 4.07. The van der Waals surface area contributed by atoms with Crippen molar-refractivity contribution >= 4 is 11.9 Å². The lowest BCUT2D eigenvalue weighted by atomic mass is 10.0. The van der Waals surface area contributed by atoms with Crippen LogP contribution >= 0.6 is 0 Å². The predicted molar refractivity (Wildman–Crippen MR) is 160 cm³/mol. The molecule has 0 bridgehead atoms.